The van der Waals surface area contributed by atoms with Gasteiger partial charge in [-0.3, -0.25) is 4.79 Å². The van der Waals surface area contributed by atoms with Crippen molar-refractivity contribution in [2.75, 3.05) is 26.2 Å². The van der Waals surface area contributed by atoms with E-state index in [0.29, 0.717) is 18.2 Å². The Hall–Kier alpha value is -2.12. The molecule has 2 aliphatic rings. The van der Waals surface area contributed by atoms with Crippen LogP contribution in [0.2, 0.25) is 0 Å². The van der Waals surface area contributed by atoms with Crippen LogP contribution in [-0.2, 0) is 0 Å². The molecule has 1 saturated heterocycles. The summed E-state index contributed by atoms with van der Waals surface area (Å²) in [5.41, 5.74) is 0.565. The third-order valence-corrected chi connectivity index (χ3v) is 5.93. The number of aromatic nitrogens is 3. The van der Waals surface area contributed by atoms with Gasteiger partial charge < -0.3 is 15.5 Å². The van der Waals surface area contributed by atoms with Crippen LogP contribution in [0.4, 0.5) is 4.79 Å². The monoisotopic (exact) mass is 376 g/mol. The molecule has 3 amide bonds. The second kappa shape index (κ2) is 8.27. The second-order valence-corrected chi connectivity index (χ2v) is 8.32. The zero-order valence-electron chi connectivity index (χ0n) is 16.7. The molecule has 8 nitrogen and oxygen atoms in total. The molecule has 150 valence electrons. The summed E-state index contributed by atoms with van der Waals surface area (Å²) in [6, 6.07) is 0.324. The van der Waals surface area contributed by atoms with Gasteiger partial charge in [0.05, 0.1) is 12.2 Å². The summed E-state index contributed by atoms with van der Waals surface area (Å²) < 4.78 is 1.88. The average Bonchev–Trinajstić information content (AvgIpc) is 3.12. The van der Waals surface area contributed by atoms with Crippen LogP contribution in [0.5, 0.6) is 0 Å². The van der Waals surface area contributed by atoms with Crippen LogP contribution in [0, 0.1) is 11.3 Å². The van der Waals surface area contributed by atoms with Crippen LogP contribution in [0.1, 0.15) is 69.4 Å². The Bertz CT molecular complexity index is 663. The fraction of sp³-hybridized carbons (Fsp3) is 0.789. The molecular weight excluding hydrogens is 344 g/mol. The molecule has 1 aliphatic carbocycles. The summed E-state index contributed by atoms with van der Waals surface area (Å²) in [5.74, 6) is 0.240. The predicted octanol–water partition coefficient (Wildman–Crippen LogP) is 2.20. The van der Waals surface area contributed by atoms with E-state index in [9.17, 15) is 9.59 Å². The molecule has 1 aromatic rings. The summed E-state index contributed by atoms with van der Waals surface area (Å²) in [5, 5.41) is 14.2. The summed E-state index contributed by atoms with van der Waals surface area (Å²) in [7, 11) is 0. The molecule has 1 aliphatic heterocycles. The molecule has 0 aromatic carbocycles. The van der Waals surface area contributed by atoms with Gasteiger partial charge in [-0.1, -0.05) is 26.0 Å². The highest BCUT2D eigenvalue weighted by Gasteiger charge is 2.50. The lowest BCUT2D eigenvalue weighted by atomic mass is 9.59. The highest BCUT2D eigenvalue weighted by molar-refractivity contribution is 5.91. The largest absolute Gasteiger partial charge is 0.350 e. The number of nitrogens with zero attached hydrogens (tertiary/aromatic N) is 4. The summed E-state index contributed by atoms with van der Waals surface area (Å²) in [6.07, 6.45) is 6.89. The molecule has 1 saturated carbocycles. The lowest BCUT2D eigenvalue weighted by Gasteiger charge is -2.53. The van der Waals surface area contributed by atoms with E-state index in [1.165, 1.54) is 0 Å². The van der Waals surface area contributed by atoms with Gasteiger partial charge in [0.2, 0.25) is 0 Å². The number of piperidine rings is 1. The third kappa shape index (κ3) is 4.25. The Kier molecular flexibility index (Phi) is 6.01. The molecule has 0 radical (unpaired) electrons. The second-order valence-electron chi connectivity index (χ2n) is 8.32. The maximum absolute atomic E-state index is 12.2. The quantitative estimate of drug-likeness (QED) is 0.796. The molecule has 2 fully saturated rings. The van der Waals surface area contributed by atoms with E-state index in [0.717, 1.165) is 51.7 Å². The topological polar surface area (TPSA) is 92.2 Å². The average molecular weight is 377 g/mol. The Balaban J connectivity index is 1.57. The minimum absolute atomic E-state index is 0.0486. The Morgan fingerprint density at radius 2 is 2.00 bits per heavy atom. The van der Waals surface area contributed by atoms with Crippen LogP contribution >= 0.6 is 0 Å². The van der Waals surface area contributed by atoms with Gasteiger partial charge in [-0.15, -0.1) is 5.10 Å². The van der Waals surface area contributed by atoms with E-state index >= 15 is 0 Å². The fourth-order valence-electron chi connectivity index (χ4n) is 4.10. The van der Waals surface area contributed by atoms with Crippen LogP contribution in [-0.4, -0.2) is 58.0 Å². The van der Waals surface area contributed by atoms with Gasteiger partial charge in [0, 0.05) is 26.2 Å². The van der Waals surface area contributed by atoms with Crippen molar-refractivity contribution >= 4 is 11.9 Å². The smallest absolute Gasteiger partial charge is 0.317 e. The van der Waals surface area contributed by atoms with Crippen LogP contribution in [0.25, 0.3) is 0 Å². The maximum atomic E-state index is 12.2. The van der Waals surface area contributed by atoms with Crippen molar-refractivity contribution in [3.8, 4) is 0 Å². The summed E-state index contributed by atoms with van der Waals surface area (Å²) in [6.45, 7) is 9.10. The lowest BCUT2D eigenvalue weighted by molar-refractivity contribution is -0.0228. The zero-order valence-corrected chi connectivity index (χ0v) is 16.7. The molecule has 8 heteroatoms. The van der Waals surface area contributed by atoms with E-state index in [1.807, 2.05) is 9.58 Å². The molecule has 2 N–H and O–H groups in total. The van der Waals surface area contributed by atoms with Gasteiger partial charge in [0.15, 0.2) is 5.69 Å². The molecule has 3 rings (SSSR count). The van der Waals surface area contributed by atoms with E-state index < -0.39 is 0 Å². The molecule has 27 heavy (non-hydrogen) atoms. The van der Waals surface area contributed by atoms with Gasteiger partial charge in [-0.2, -0.15) is 0 Å². The number of hydrogen-bond donors (Lipinski definition) is 2. The molecular formula is C19H32N6O2. The summed E-state index contributed by atoms with van der Waals surface area (Å²) >= 11 is 0. The van der Waals surface area contributed by atoms with E-state index in [-0.39, 0.29) is 23.4 Å². The van der Waals surface area contributed by atoms with Crippen molar-refractivity contribution in [3.63, 3.8) is 0 Å². The normalized spacial score (nSPS) is 21.2. The molecule has 0 bridgehead atoms. The molecule has 1 atom stereocenters. The van der Waals surface area contributed by atoms with Gasteiger partial charge in [-0.05, 0) is 43.4 Å². The first-order chi connectivity index (χ1) is 12.9. The van der Waals surface area contributed by atoms with Gasteiger partial charge in [-0.25, -0.2) is 9.48 Å². The highest BCUT2D eigenvalue weighted by atomic mass is 16.2. The number of nitrogens with one attached hydrogen (secondary N) is 2. The van der Waals surface area contributed by atoms with Crippen LogP contribution in [0.15, 0.2) is 6.20 Å². The summed E-state index contributed by atoms with van der Waals surface area (Å²) in [4.78, 5) is 26.3. The van der Waals surface area contributed by atoms with Crippen molar-refractivity contribution in [1.82, 2.24) is 30.5 Å². The lowest BCUT2D eigenvalue weighted by Crippen LogP contribution is -2.53. The number of urea groups is 1. The van der Waals surface area contributed by atoms with E-state index in [1.54, 1.807) is 6.20 Å². The molecule has 1 spiro atoms. The number of hydrogen-bond acceptors (Lipinski definition) is 4. The van der Waals surface area contributed by atoms with Gasteiger partial charge in [0.25, 0.3) is 5.91 Å². The number of rotatable bonds is 6. The predicted molar refractivity (Wildman–Crippen MR) is 102 cm³/mol. The van der Waals surface area contributed by atoms with Crippen LogP contribution < -0.4 is 10.6 Å². The van der Waals surface area contributed by atoms with E-state index in [2.05, 4.69) is 41.7 Å². The number of amides is 3. The molecule has 2 heterocycles. The SMILES string of the molecule is CCCNC(=O)N1CCC2(CCC2n2cc(C(=O)NCC(C)C)nn2)CC1. The zero-order chi connectivity index (χ0) is 19.4. The van der Waals surface area contributed by atoms with Crippen molar-refractivity contribution in [2.45, 2.75) is 58.9 Å². The number of carbonyl (C=O) groups is 2. The number of likely N-dealkylation sites (tertiary alicyclic amines) is 1. The van der Waals surface area contributed by atoms with Crippen molar-refractivity contribution in [3.05, 3.63) is 11.9 Å². The first-order valence-electron chi connectivity index (χ1n) is 10.2. The van der Waals surface area contributed by atoms with Crippen molar-refractivity contribution in [2.24, 2.45) is 11.3 Å². The van der Waals surface area contributed by atoms with E-state index in [4.69, 9.17) is 0 Å². The Labute approximate surface area is 161 Å². The highest BCUT2D eigenvalue weighted by Crippen LogP contribution is 2.56. The minimum atomic E-state index is -0.161. The van der Waals surface area contributed by atoms with Crippen molar-refractivity contribution in [1.29, 1.82) is 0 Å². The first-order valence-corrected chi connectivity index (χ1v) is 10.2. The third-order valence-electron chi connectivity index (χ3n) is 5.93. The first kappa shape index (κ1) is 19.6. The van der Waals surface area contributed by atoms with Crippen LogP contribution in [0.3, 0.4) is 0 Å². The fourth-order valence-corrected chi connectivity index (χ4v) is 4.10. The molecule has 1 unspecified atom stereocenters. The van der Waals surface area contributed by atoms with Gasteiger partial charge in [0.1, 0.15) is 0 Å². The Morgan fingerprint density at radius 3 is 2.59 bits per heavy atom. The molecule has 1 aromatic heterocycles. The standard InChI is InChI=1S/C19H32N6O2/c1-4-9-20-18(27)24-10-7-19(8-11-24)6-5-16(19)25-13-15(22-23-25)17(26)21-12-14(2)3/h13-14,16H,4-12H2,1-3H3,(H,20,27)(H,21,26). The minimum Gasteiger partial charge on any atom is -0.350 e. The Morgan fingerprint density at radius 1 is 1.26 bits per heavy atom. The number of carbonyl (C=O) groups excluding carboxylic acids is 2. The maximum Gasteiger partial charge on any atom is 0.317 e. The van der Waals surface area contributed by atoms with Crippen molar-refractivity contribution < 1.29 is 9.59 Å². The van der Waals surface area contributed by atoms with Gasteiger partial charge >= 0.3 is 6.03 Å².